The zero-order valence-electron chi connectivity index (χ0n) is 14.4. The van der Waals surface area contributed by atoms with E-state index in [0.717, 1.165) is 31.4 Å². The summed E-state index contributed by atoms with van der Waals surface area (Å²) in [5, 5.41) is 0.296. The van der Waals surface area contributed by atoms with Crippen molar-refractivity contribution >= 4 is 29.2 Å². The van der Waals surface area contributed by atoms with Crippen LogP contribution in [0.3, 0.4) is 0 Å². The van der Waals surface area contributed by atoms with Gasteiger partial charge in [-0.1, -0.05) is 49.1 Å². The molecule has 1 aliphatic rings. The highest BCUT2D eigenvalue weighted by Crippen LogP contribution is 2.27. The van der Waals surface area contributed by atoms with Crippen molar-refractivity contribution in [3.05, 3.63) is 59.4 Å². The molecule has 0 unspecified atom stereocenters. The van der Waals surface area contributed by atoms with E-state index in [4.69, 9.17) is 16.3 Å². The fourth-order valence-electron chi connectivity index (χ4n) is 3.26. The Morgan fingerprint density at radius 1 is 1.08 bits per heavy atom. The van der Waals surface area contributed by atoms with Crippen molar-refractivity contribution in [2.45, 2.75) is 38.1 Å². The highest BCUT2D eigenvalue weighted by molar-refractivity contribution is 6.29. The monoisotopic (exact) mass is 372 g/mol. The second-order valence-electron chi connectivity index (χ2n) is 6.34. The number of rotatable bonds is 5. The number of para-hydroxylation sites is 1. The first-order valence-corrected chi connectivity index (χ1v) is 9.19. The van der Waals surface area contributed by atoms with Crippen LogP contribution in [-0.2, 0) is 9.53 Å². The maximum Gasteiger partial charge on any atom is 0.340 e. The highest BCUT2D eigenvalue weighted by atomic mass is 35.5. The van der Waals surface area contributed by atoms with E-state index in [2.05, 4.69) is 4.98 Å². The Labute approximate surface area is 157 Å². The van der Waals surface area contributed by atoms with E-state index in [1.54, 1.807) is 4.90 Å². The number of esters is 1. The normalized spacial score (nSPS) is 14.7. The maximum absolute atomic E-state index is 12.8. The Hall–Kier alpha value is -2.40. The topological polar surface area (TPSA) is 59.5 Å². The van der Waals surface area contributed by atoms with Crippen molar-refractivity contribution in [2.24, 2.45) is 0 Å². The molecule has 5 nitrogen and oxygen atoms in total. The van der Waals surface area contributed by atoms with Gasteiger partial charge in [-0.05, 0) is 37.1 Å². The summed E-state index contributed by atoms with van der Waals surface area (Å²) < 4.78 is 5.21. The second-order valence-corrected chi connectivity index (χ2v) is 6.72. The number of aromatic nitrogens is 1. The SMILES string of the molecule is O=C(OCC(=O)N(c1ccccc1)C1CCCCC1)c1ccc(Cl)nc1. The number of benzene rings is 1. The molecule has 1 heterocycles. The molecule has 0 aliphatic heterocycles. The van der Waals surface area contributed by atoms with Crippen molar-refractivity contribution in [2.75, 3.05) is 11.5 Å². The van der Waals surface area contributed by atoms with Gasteiger partial charge in [0.25, 0.3) is 5.91 Å². The average Bonchev–Trinajstić information content (AvgIpc) is 2.68. The number of halogens is 1. The average molecular weight is 373 g/mol. The van der Waals surface area contributed by atoms with E-state index >= 15 is 0 Å². The fraction of sp³-hybridized carbons (Fsp3) is 0.350. The number of amides is 1. The Morgan fingerprint density at radius 2 is 1.81 bits per heavy atom. The zero-order chi connectivity index (χ0) is 18.4. The Balaban J connectivity index is 1.69. The molecule has 1 aromatic carbocycles. The summed E-state index contributed by atoms with van der Waals surface area (Å²) in [6, 6.07) is 12.7. The summed E-state index contributed by atoms with van der Waals surface area (Å²) in [4.78, 5) is 30.6. The van der Waals surface area contributed by atoms with Crippen LogP contribution in [0.15, 0.2) is 48.7 Å². The minimum absolute atomic E-state index is 0.148. The lowest BCUT2D eigenvalue weighted by Crippen LogP contribution is -2.43. The van der Waals surface area contributed by atoms with Gasteiger partial charge < -0.3 is 9.64 Å². The van der Waals surface area contributed by atoms with E-state index in [1.807, 2.05) is 30.3 Å². The van der Waals surface area contributed by atoms with Gasteiger partial charge >= 0.3 is 5.97 Å². The number of hydrogen-bond acceptors (Lipinski definition) is 4. The van der Waals surface area contributed by atoms with Gasteiger partial charge in [-0.3, -0.25) is 4.79 Å². The minimum Gasteiger partial charge on any atom is -0.452 e. The van der Waals surface area contributed by atoms with Crippen LogP contribution in [0.2, 0.25) is 5.15 Å². The number of pyridine rings is 1. The third-order valence-corrected chi connectivity index (χ3v) is 4.76. The van der Waals surface area contributed by atoms with Crippen molar-refractivity contribution in [1.82, 2.24) is 4.98 Å². The molecule has 1 saturated carbocycles. The number of nitrogens with zero attached hydrogens (tertiary/aromatic N) is 2. The highest BCUT2D eigenvalue weighted by Gasteiger charge is 2.27. The molecule has 1 aliphatic carbocycles. The molecule has 0 saturated heterocycles. The van der Waals surface area contributed by atoms with Crippen molar-refractivity contribution < 1.29 is 14.3 Å². The van der Waals surface area contributed by atoms with E-state index < -0.39 is 5.97 Å². The number of carbonyl (C=O) groups excluding carboxylic acids is 2. The predicted molar refractivity (Wildman–Crippen MR) is 100 cm³/mol. The van der Waals surface area contributed by atoms with Crippen LogP contribution in [0.4, 0.5) is 5.69 Å². The van der Waals surface area contributed by atoms with Crippen LogP contribution >= 0.6 is 11.6 Å². The van der Waals surface area contributed by atoms with Gasteiger partial charge in [0.15, 0.2) is 6.61 Å². The summed E-state index contributed by atoms with van der Waals surface area (Å²) in [7, 11) is 0. The van der Waals surface area contributed by atoms with Crippen LogP contribution in [0.1, 0.15) is 42.5 Å². The molecule has 26 heavy (non-hydrogen) atoms. The zero-order valence-corrected chi connectivity index (χ0v) is 15.2. The molecular formula is C20H21ClN2O3. The van der Waals surface area contributed by atoms with E-state index in [-0.39, 0.29) is 24.1 Å². The van der Waals surface area contributed by atoms with Crippen LogP contribution in [0.25, 0.3) is 0 Å². The molecule has 1 aromatic heterocycles. The summed E-state index contributed by atoms with van der Waals surface area (Å²) in [5.74, 6) is -0.794. The second kappa shape index (κ2) is 8.81. The van der Waals surface area contributed by atoms with Crippen molar-refractivity contribution in [1.29, 1.82) is 0 Å². The first-order chi connectivity index (χ1) is 12.6. The molecule has 0 N–H and O–H groups in total. The largest absolute Gasteiger partial charge is 0.452 e. The Kier molecular flexibility index (Phi) is 6.23. The first-order valence-electron chi connectivity index (χ1n) is 8.81. The third kappa shape index (κ3) is 4.61. The van der Waals surface area contributed by atoms with E-state index in [0.29, 0.717) is 5.15 Å². The third-order valence-electron chi connectivity index (χ3n) is 4.53. The molecular weight excluding hydrogens is 352 g/mol. The number of ether oxygens (including phenoxy) is 1. The van der Waals surface area contributed by atoms with Crippen LogP contribution in [0.5, 0.6) is 0 Å². The standard InChI is InChI=1S/C20H21ClN2O3/c21-18-12-11-15(13-22-18)20(25)26-14-19(24)23(16-7-3-1-4-8-16)17-9-5-2-6-10-17/h1,3-4,7-8,11-13,17H,2,5-6,9-10,14H2. The fourth-order valence-corrected chi connectivity index (χ4v) is 3.37. The molecule has 0 spiro atoms. The molecule has 6 heteroatoms. The van der Waals surface area contributed by atoms with Crippen LogP contribution < -0.4 is 4.90 Å². The first kappa shape index (κ1) is 18.4. The van der Waals surface area contributed by atoms with E-state index in [9.17, 15) is 9.59 Å². The molecule has 1 amide bonds. The molecule has 0 bridgehead atoms. The Morgan fingerprint density at radius 3 is 2.46 bits per heavy atom. The van der Waals surface area contributed by atoms with Crippen molar-refractivity contribution in [3.8, 4) is 0 Å². The lowest BCUT2D eigenvalue weighted by molar-refractivity contribution is -0.122. The van der Waals surface area contributed by atoms with Crippen LogP contribution in [-0.4, -0.2) is 29.5 Å². The minimum atomic E-state index is -0.584. The summed E-state index contributed by atoms with van der Waals surface area (Å²) >= 11 is 5.72. The van der Waals surface area contributed by atoms with Gasteiger partial charge in [-0.2, -0.15) is 0 Å². The molecule has 0 atom stereocenters. The summed E-state index contributed by atoms with van der Waals surface area (Å²) in [6.07, 6.45) is 6.69. The number of carbonyl (C=O) groups is 2. The lowest BCUT2D eigenvalue weighted by atomic mass is 9.93. The molecule has 2 aromatic rings. The van der Waals surface area contributed by atoms with Crippen LogP contribution in [0, 0.1) is 0 Å². The quantitative estimate of drug-likeness (QED) is 0.581. The van der Waals surface area contributed by atoms with Gasteiger partial charge in [0.1, 0.15) is 5.15 Å². The smallest absolute Gasteiger partial charge is 0.340 e. The molecule has 1 fully saturated rings. The maximum atomic E-state index is 12.8. The van der Waals surface area contributed by atoms with E-state index in [1.165, 1.54) is 24.8 Å². The van der Waals surface area contributed by atoms with Crippen molar-refractivity contribution in [3.63, 3.8) is 0 Å². The summed E-state index contributed by atoms with van der Waals surface area (Å²) in [6.45, 7) is -0.299. The summed E-state index contributed by atoms with van der Waals surface area (Å²) in [5.41, 5.74) is 1.11. The van der Waals surface area contributed by atoms with Gasteiger partial charge in [0, 0.05) is 17.9 Å². The van der Waals surface area contributed by atoms with Gasteiger partial charge in [-0.25, -0.2) is 9.78 Å². The molecule has 3 rings (SSSR count). The Bertz CT molecular complexity index is 743. The predicted octanol–water partition coefficient (Wildman–Crippen LogP) is 4.26. The molecule has 0 radical (unpaired) electrons. The molecule has 136 valence electrons. The number of hydrogen-bond donors (Lipinski definition) is 0. The number of anilines is 1. The van der Waals surface area contributed by atoms with Gasteiger partial charge in [0.2, 0.25) is 0 Å². The van der Waals surface area contributed by atoms with Gasteiger partial charge in [0.05, 0.1) is 5.56 Å². The lowest BCUT2D eigenvalue weighted by Gasteiger charge is -2.34. The van der Waals surface area contributed by atoms with Gasteiger partial charge in [-0.15, -0.1) is 0 Å².